The van der Waals surface area contributed by atoms with Crippen molar-refractivity contribution in [1.82, 2.24) is 0 Å². The second kappa shape index (κ2) is 15.8. The number of hydrogen-bond acceptors (Lipinski definition) is 12. The summed E-state index contributed by atoms with van der Waals surface area (Å²) in [5.74, 6) is -1.85. The van der Waals surface area contributed by atoms with Gasteiger partial charge in [0, 0.05) is 35.0 Å². The highest BCUT2D eigenvalue weighted by Gasteiger charge is 2.56. The topological polar surface area (TPSA) is 134 Å². The lowest BCUT2D eigenvalue weighted by atomic mass is 10.1. The van der Waals surface area contributed by atoms with E-state index in [1.54, 1.807) is 0 Å². The van der Waals surface area contributed by atoms with Crippen molar-refractivity contribution < 1.29 is 56.7 Å². The second-order valence-corrected chi connectivity index (χ2v) is 16.9. The third-order valence-electron chi connectivity index (χ3n) is 8.27. The molecular formula is C34H46O12Si. The van der Waals surface area contributed by atoms with Crippen molar-refractivity contribution in [2.75, 3.05) is 27.4 Å². The van der Waals surface area contributed by atoms with Gasteiger partial charge in [0.25, 0.3) is 8.32 Å². The van der Waals surface area contributed by atoms with E-state index in [1.807, 2.05) is 36.4 Å². The molecular weight excluding hydrogens is 628 g/mol. The molecule has 2 aliphatic heterocycles. The standard InChI is InChI=1S/C34H46O12Si/c1-21(35)40-19-26-29(42-22(2)36)31(43-23(3)37)33(45-26)46-28-27(44-32(39-8)30(28)38-7)20-41-47(34(4,5)6,24-15-11-9-12-16-24)25-17-13-10-14-18-25/h9-18,26-33H,19-20H2,1-8H3/t26-,27-,28-,29-,30+,31+,32+,33-/m1/s1. The first-order valence-corrected chi connectivity index (χ1v) is 17.5. The summed E-state index contributed by atoms with van der Waals surface area (Å²) >= 11 is 0. The van der Waals surface area contributed by atoms with Crippen LogP contribution >= 0.6 is 0 Å². The number of carbonyl (C=O) groups is 3. The Labute approximate surface area is 277 Å². The fourth-order valence-electron chi connectivity index (χ4n) is 6.34. The maximum absolute atomic E-state index is 12.2. The molecule has 8 atom stereocenters. The van der Waals surface area contributed by atoms with Crippen molar-refractivity contribution in [2.45, 2.75) is 95.8 Å². The minimum atomic E-state index is -2.98. The average molecular weight is 675 g/mol. The van der Waals surface area contributed by atoms with Crippen LogP contribution in [0.2, 0.25) is 5.04 Å². The van der Waals surface area contributed by atoms with Crippen molar-refractivity contribution in [2.24, 2.45) is 0 Å². The minimum absolute atomic E-state index is 0.0901. The zero-order valence-corrected chi connectivity index (χ0v) is 29.2. The van der Waals surface area contributed by atoms with Gasteiger partial charge in [-0.25, -0.2) is 0 Å². The summed E-state index contributed by atoms with van der Waals surface area (Å²) < 4.78 is 53.8. The van der Waals surface area contributed by atoms with Gasteiger partial charge in [0.2, 0.25) is 0 Å². The first-order valence-electron chi connectivity index (χ1n) is 15.6. The van der Waals surface area contributed by atoms with E-state index in [1.165, 1.54) is 35.0 Å². The number of carbonyl (C=O) groups excluding carboxylic acids is 3. The van der Waals surface area contributed by atoms with Gasteiger partial charge in [-0.05, 0) is 15.4 Å². The molecule has 0 aliphatic carbocycles. The molecule has 4 rings (SSSR count). The number of methoxy groups -OCH3 is 2. The van der Waals surface area contributed by atoms with E-state index >= 15 is 0 Å². The maximum atomic E-state index is 12.2. The molecule has 13 heteroatoms. The quantitative estimate of drug-likeness (QED) is 0.176. The zero-order valence-electron chi connectivity index (χ0n) is 28.2. The first-order chi connectivity index (χ1) is 22.3. The van der Waals surface area contributed by atoms with Crippen LogP contribution in [0.25, 0.3) is 0 Å². The van der Waals surface area contributed by atoms with Crippen LogP contribution in [0, 0.1) is 0 Å². The smallest absolute Gasteiger partial charge is 0.303 e. The molecule has 2 fully saturated rings. The Balaban J connectivity index is 1.69. The summed E-state index contributed by atoms with van der Waals surface area (Å²) in [6.45, 7) is 10.0. The van der Waals surface area contributed by atoms with Crippen molar-refractivity contribution >= 4 is 36.6 Å². The average Bonchev–Trinajstić information content (AvgIpc) is 3.52. The molecule has 258 valence electrons. The largest absolute Gasteiger partial charge is 0.463 e. The molecule has 0 spiro atoms. The minimum Gasteiger partial charge on any atom is -0.463 e. The number of benzene rings is 2. The summed E-state index contributed by atoms with van der Waals surface area (Å²) in [4.78, 5) is 35.9. The molecule has 0 saturated carbocycles. The van der Waals surface area contributed by atoms with E-state index in [9.17, 15) is 14.4 Å². The van der Waals surface area contributed by atoms with Crippen LogP contribution < -0.4 is 10.4 Å². The van der Waals surface area contributed by atoms with Gasteiger partial charge in [-0.1, -0.05) is 81.4 Å². The number of hydrogen-bond donors (Lipinski definition) is 0. The van der Waals surface area contributed by atoms with E-state index in [-0.39, 0.29) is 18.3 Å². The fraction of sp³-hybridized carbons (Fsp3) is 0.559. The third kappa shape index (κ3) is 8.28. The highest BCUT2D eigenvalue weighted by molar-refractivity contribution is 6.99. The molecule has 0 aromatic heterocycles. The van der Waals surface area contributed by atoms with Crippen LogP contribution in [-0.4, -0.2) is 103 Å². The van der Waals surface area contributed by atoms with E-state index < -0.39 is 75.4 Å². The summed E-state index contributed by atoms with van der Waals surface area (Å²) in [6.07, 6.45) is -7.68. The van der Waals surface area contributed by atoms with Gasteiger partial charge in [0.15, 0.2) is 24.8 Å². The van der Waals surface area contributed by atoms with Crippen LogP contribution in [0.3, 0.4) is 0 Å². The molecule has 0 N–H and O–H groups in total. The Kier molecular flexibility index (Phi) is 12.3. The molecule has 0 amide bonds. The van der Waals surface area contributed by atoms with Crippen LogP contribution in [0.4, 0.5) is 0 Å². The number of esters is 3. The number of rotatable bonds is 13. The zero-order chi connectivity index (χ0) is 34.4. The van der Waals surface area contributed by atoms with E-state index in [4.69, 9.17) is 42.3 Å². The molecule has 12 nitrogen and oxygen atoms in total. The molecule has 2 aliphatic rings. The lowest BCUT2D eigenvalue weighted by molar-refractivity contribution is -0.224. The molecule has 0 unspecified atom stereocenters. The van der Waals surface area contributed by atoms with Crippen molar-refractivity contribution in [3.63, 3.8) is 0 Å². The van der Waals surface area contributed by atoms with Gasteiger partial charge in [-0.2, -0.15) is 0 Å². The van der Waals surface area contributed by atoms with Gasteiger partial charge in [-0.3, -0.25) is 14.4 Å². The molecule has 2 aromatic rings. The second-order valence-electron chi connectivity index (χ2n) is 12.5. The fourth-order valence-corrected chi connectivity index (χ4v) is 10.9. The van der Waals surface area contributed by atoms with Crippen molar-refractivity contribution in [3.05, 3.63) is 60.7 Å². The summed E-state index contributed by atoms with van der Waals surface area (Å²) in [5, 5.41) is 1.88. The van der Waals surface area contributed by atoms with Crippen LogP contribution in [0.5, 0.6) is 0 Å². The molecule has 2 saturated heterocycles. The van der Waals surface area contributed by atoms with Crippen molar-refractivity contribution in [1.29, 1.82) is 0 Å². The van der Waals surface area contributed by atoms with E-state index in [0.29, 0.717) is 0 Å². The molecule has 0 bridgehead atoms. The van der Waals surface area contributed by atoms with Gasteiger partial charge in [0.1, 0.15) is 31.0 Å². The summed E-state index contributed by atoms with van der Waals surface area (Å²) in [6, 6.07) is 20.4. The van der Waals surface area contributed by atoms with Gasteiger partial charge < -0.3 is 42.3 Å². The molecule has 2 heterocycles. The lowest BCUT2D eigenvalue weighted by Gasteiger charge is -2.43. The van der Waals surface area contributed by atoms with Gasteiger partial charge in [0.05, 0.1) is 6.61 Å². The van der Waals surface area contributed by atoms with E-state index in [0.717, 1.165) is 10.4 Å². The van der Waals surface area contributed by atoms with Crippen LogP contribution in [-0.2, 0) is 56.7 Å². The third-order valence-corrected chi connectivity index (χ3v) is 13.3. The van der Waals surface area contributed by atoms with Gasteiger partial charge in [-0.15, -0.1) is 0 Å². The highest BCUT2D eigenvalue weighted by Crippen LogP contribution is 2.39. The summed E-state index contributed by atoms with van der Waals surface area (Å²) in [5.41, 5.74) is 0. The first kappa shape index (κ1) is 36.7. The Morgan fingerprint density at radius 1 is 0.660 bits per heavy atom. The Morgan fingerprint density at radius 2 is 1.17 bits per heavy atom. The molecule has 0 radical (unpaired) electrons. The predicted octanol–water partition coefficient (Wildman–Crippen LogP) is 2.49. The Hall–Kier alpha value is -3.17. The van der Waals surface area contributed by atoms with Crippen molar-refractivity contribution in [3.8, 4) is 0 Å². The monoisotopic (exact) mass is 674 g/mol. The Bertz CT molecular complexity index is 1290. The number of ether oxygens (including phenoxy) is 8. The lowest BCUT2D eigenvalue weighted by Crippen LogP contribution is -2.67. The highest BCUT2D eigenvalue weighted by atomic mass is 28.4. The van der Waals surface area contributed by atoms with Crippen LogP contribution in [0.1, 0.15) is 41.5 Å². The maximum Gasteiger partial charge on any atom is 0.303 e. The molecule has 2 aromatic carbocycles. The Morgan fingerprint density at radius 3 is 1.64 bits per heavy atom. The van der Waals surface area contributed by atoms with Gasteiger partial charge >= 0.3 is 17.9 Å². The SMILES string of the molecule is CO[C@H]1O[C@H](CO[Si](c2ccccc2)(c2ccccc2)C(C)(C)C)[C@@H](O[C@H]2O[C@H](COC(C)=O)[C@@H](OC(C)=O)[C@@H]2OC(C)=O)[C@@H]1OC. The molecule has 47 heavy (non-hydrogen) atoms. The predicted molar refractivity (Wildman–Crippen MR) is 171 cm³/mol. The van der Waals surface area contributed by atoms with E-state index in [2.05, 4.69) is 45.0 Å². The van der Waals surface area contributed by atoms with Crippen LogP contribution in [0.15, 0.2) is 60.7 Å². The normalized spacial score (nSPS) is 27.7. The summed E-state index contributed by atoms with van der Waals surface area (Å²) in [7, 11) is 0.0287.